The number of hydrogen-bond donors (Lipinski definition) is 1. The molecule has 2 aliphatic heterocycles. The van der Waals surface area contributed by atoms with Gasteiger partial charge in [-0.25, -0.2) is 0 Å². The van der Waals surface area contributed by atoms with Crippen LogP contribution in [0.25, 0.3) is 0 Å². The number of likely N-dealkylation sites (N-methyl/N-ethyl adjacent to an activating group) is 1. The molecule has 0 aliphatic carbocycles. The Morgan fingerprint density at radius 3 is 2.67 bits per heavy atom. The number of aryl methyl sites for hydroxylation is 1. The second-order valence-corrected chi connectivity index (χ2v) is 11.7. The molecule has 1 unspecified atom stereocenters. The number of ether oxygens (including phenoxy) is 1. The number of nitrogens with one attached hydrogen (secondary N) is 1. The Bertz CT molecular complexity index is 1090. The summed E-state index contributed by atoms with van der Waals surface area (Å²) < 4.78 is 6.20. The third-order valence-electron chi connectivity index (χ3n) is 8.25. The van der Waals surface area contributed by atoms with Crippen molar-refractivity contribution in [3.63, 3.8) is 0 Å². The maximum Gasteiger partial charge on any atom is 0.234 e. The van der Waals surface area contributed by atoms with Gasteiger partial charge in [0.25, 0.3) is 0 Å². The minimum atomic E-state index is 0.0754. The van der Waals surface area contributed by atoms with Crippen LogP contribution in [-0.2, 0) is 29.1 Å². The van der Waals surface area contributed by atoms with Crippen molar-refractivity contribution in [3.8, 4) is 5.75 Å². The van der Waals surface area contributed by atoms with Crippen molar-refractivity contribution in [2.24, 2.45) is 0 Å². The van der Waals surface area contributed by atoms with Crippen LogP contribution in [-0.4, -0.2) is 78.4 Å². The fraction of sp³-hybridized carbons (Fsp3) is 0.576. The minimum absolute atomic E-state index is 0.0754. The quantitative estimate of drug-likeness (QED) is 0.547. The molecule has 1 atom stereocenters. The van der Waals surface area contributed by atoms with Crippen LogP contribution in [0.3, 0.4) is 0 Å². The van der Waals surface area contributed by atoms with Crippen LogP contribution < -0.4 is 10.1 Å². The highest BCUT2D eigenvalue weighted by Gasteiger charge is 2.26. The fourth-order valence-electron chi connectivity index (χ4n) is 5.70. The van der Waals surface area contributed by atoms with Gasteiger partial charge in [-0.2, -0.15) is 0 Å². The number of amides is 2. The third kappa shape index (κ3) is 9.07. The second kappa shape index (κ2) is 15.2. The Balaban J connectivity index is 1.37. The van der Waals surface area contributed by atoms with Gasteiger partial charge in [0, 0.05) is 56.8 Å². The average Bonchev–Trinajstić information content (AvgIpc) is 2.97. The van der Waals surface area contributed by atoms with Crippen molar-refractivity contribution in [1.82, 2.24) is 20.0 Å². The molecule has 1 saturated heterocycles. The van der Waals surface area contributed by atoms with Crippen LogP contribution >= 0.6 is 0 Å². The molecule has 2 aromatic carbocycles. The Kier molecular flexibility index (Phi) is 11.4. The molecule has 0 spiro atoms. The molecule has 4 rings (SSSR count). The summed E-state index contributed by atoms with van der Waals surface area (Å²) >= 11 is 0. The van der Waals surface area contributed by atoms with E-state index >= 15 is 0 Å². The zero-order chi connectivity index (χ0) is 28.3. The predicted molar refractivity (Wildman–Crippen MR) is 160 cm³/mol. The molecule has 2 heterocycles. The smallest absolute Gasteiger partial charge is 0.234 e. The molecule has 0 aromatic heterocycles. The first-order valence-electron chi connectivity index (χ1n) is 15.2. The molecule has 7 nitrogen and oxygen atoms in total. The molecule has 40 heavy (non-hydrogen) atoms. The maximum absolute atomic E-state index is 13.3. The van der Waals surface area contributed by atoms with Gasteiger partial charge in [-0.3, -0.25) is 19.4 Å². The van der Waals surface area contributed by atoms with E-state index in [0.717, 1.165) is 75.2 Å². The first kappa shape index (κ1) is 30.1. The molecule has 2 amide bonds. The molecule has 218 valence electrons. The van der Waals surface area contributed by atoms with Crippen molar-refractivity contribution >= 4 is 11.8 Å². The number of likely N-dealkylation sites (tertiary alicyclic amines) is 1. The van der Waals surface area contributed by atoms with Crippen LogP contribution in [0.4, 0.5) is 0 Å². The average molecular weight is 549 g/mol. The molecule has 1 N–H and O–H groups in total. The lowest BCUT2D eigenvalue weighted by atomic mass is 10.0. The summed E-state index contributed by atoms with van der Waals surface area (Å²) in [6.45, 7) is 9.20. The number of carbonyl (C=O) groups excluding carboxylic acids is 2. The lowest BCUT2D eigenvalue weighted by molar-refractivity contribution is -0.133. The molecule has 0 radical (unpaired) electrons. The molecule has 1 fully saturated rings. The number of piperidine rings is 1. The number of nitrogens with zero attached hydrogens (tertiary/aromatic N) is 3. The molecule has 2 aromatic rings. The normalized spacial score (nSPS) is 19.7. The van der Waals surface area contributed by atoms with Gasteiger partial charge in [0.1, 0.15) is 5.75 Å². The van der Waals surface area contributed by atoms with Crippen LogP contribution in [0.5, 0.6) is 5.75 Å². The first-order valence-corrected chi connectivity index (χ1v) is 15.2. The topological polar surface area (TPSA) is 65.1 Å². The lowest BCUT2D eigenvalue weighted by Gasteiger charge is -2.38. The third-order valence-corrected chi connectivity index (χ3v) is 8.25. The van der Waals surface area contributed by atoms with Crippen molar-refractivity contribution in [1.29, 1.82) is 0 Å². The Morgan fingerprint density at radius 2 is 1.88 bits per heavy atom. The van der Waals surface area contributed by atoms with E-state index in [0.29, 0.717) is 38.6 Å². The second-order valence-electron chi connectivity index (χ2n) is 11.7. The zero-order valence-corrected chi connectivity index (χ0v) is 24.7. The summed E-state index contributed by atoms with van der Waals surface area (Å²) in [7, 11) is 2.17. The van der Waals surface area contributed by atoms with Crippen molar-refractivity contribution < 1.29 is 14.3 Å². The van der Waals surface area contributed by atoms with Crippen molar-refractivity contribution in [2.45, 2.75) is 84.0 Å². The highest BCUT2D eigenvalue weighted by molar-refractivity contribution is 5.78. The predicted octanol–water partition coefficient (Wildman–Crippen LogP) is 4.63. The van der Waals surface area contributed by atoms with Crippen LogP contribution in [0.15, 0.2) is 48.5 Å². The summed E-state index contributed by atoms with van der Waals surface area (Å²) in [6.07, 6.45) is 6.35. The molecule has 7 heteroatoms. The highest BCUT2D eigenvalue weighted by atomic mass is 16.5. The van der Waals surface area contributed by atoms with Gasteiger partial charge >= 0.3 is 0 Å². The van der Waals surface area contributed by atoms with E-state index in [9.17, 15) is 9.59 Å². The highest BCUT2D eigenvalue weighted by Crippen LogP contribution is 2.25. The van der Waals surface area contributed by atoms with E-state index in [1.807, 2.05) is 6.07 Å². The van der Waals surface area contributed by atoms with Crippen molar-refractivity contribution in [2.75, 3.05) is 39.8 Å². The van der Waals surface area contributed by atoms with Gasteiger partial charge < -0.3 is 15.0 Å². The maximum atomic E-state index is 13.3. The van der Waals surface area contributed by atoms with Crippen molar-refractivity contribution in [3.05, 3.63) is 65.2 Å². The van der Waals surface area contributed by atoms with E-state index in [1.165, 1.54) is 5.56 Å². The lowest BCUT2D eigenvalue weighted by Crippen LogP contribution is -2.48. The van der Waals surface area contributed by atoms with E-state index in [2.05, 4.69) is 83.4 Å². The number of fused-ring (bicyclic) bond motifs is 1. The molecular formula is C33H48N4O3. The van der Waals surface area contributed by atoms with Crippen LogP contribution in [0.2, 0.25) is 0 Å². The Morgan fingerprint density at radius 1 is 1.05 bits per heavy atom. The van der Waals surface area contributed by atoms with Gasteiger partial charge in [-0.05, 0) is 76.6 Å². The Hall–Kier alpha value is -2.90. The molecular weight excluding hydrogens is 500 g/mol. The van der Waals surface area contributed by atoms with E-state index in [-0.39, 0.29) is 17.9 Å². The van der Waals surface area contributed by atoms with Crippen LogP contribution in [0.1, 0.15) is 69.1 Å². The van der Waals surface area contributed by atoms with Gasteiger partial charge in [0.2, 0.25) is 11.8 Å². The summed E-state index contributed by atoms with van der Waals surface area (Å²) in [4.78, 5) is 32.5. The van der Waals surface area contributed by atoms with E-state index < -0.39 is 0 Å². The first-order chi connectivity index (χ1) is 19.4. The molecule has 0 bridgehead atoms. The van der Waals surface area contributed by atoms with Gasteiger partial charge in [-0.15, -0.1) is 0 Å². The van der Waals surface area contributed by atoms with Crippen LogP contribution in [0, 0.1) is 0 Å². The van der Waals surface area contributed by atoms with Gasteiger partial charge in [0.15, 0.2) is 0 Å². The summed E-state index contributed by atoms with van der Waals surface area (Å²) in [5, 5.41) is 3.06. The van der Waals surface area contributed by atoms with Gasteiger partial charge in [-0.1, -0.05) is 42.5 Å². The van der Waals surface area contributed by atoms with E-state index in [4.69, 9.17) is 4.74 Å². The monoisotopic (exact) mass is 548 g/mol. The molecule has 0 saturated carbocycles. The minimum Gasteiger partial charge on any atom is -0.493 e. The summed E-state index contributed by atoms with van der Waals surface area (Å²) in [5.41, 5.74) is 3.54. The summed E-state index contributed by atoms with van der Waals surface area (Å²) in [5.74, 6) is 1.20. The Labute approximate surface area is 240 Å². The summed E-state index contributed by atoms with van der Waals surface area (Å²) in [6, 6.07) is 17.5. The molecule has 2 aliphatic rings. The SMILES string of the molecule is CC(C)N1CC(=O)NCCCCCOc2ccc(CCC(=O)N3CCCC(N(C)Cc4ccccc4)C3)cc2C1. The van der Waals surface area contributed by atoms with Gasteiger partial charge in [0.05, 0.1) is 13.2 Å². The largest absolute Gasteiger partial charge is 0.493 e. The zero-order valence-electron chi connectivity index (χ0n) is 24.7. The number of rotatable bonds is 7. The number of benzene rings is 2. The van der Waals surface area contributed by atoms with E-state index in [1.54, 1.807) is 0 Å². The fourth-order valence-corrected chi connectivity index (χ4v) is 5.70. The standard InChI is InChI=1S/C33H48N4O3/c1-26(2)37-23-29-21-27(14-16-31(29)40-20-9-5-8-18-34-32(38)25-37)15-17-33(39)36-19-10-13-30(24-36)35(3)22-28-11-6-4-7-12-28/h4,6-7,11-12,14,16,21,26,30H,5,8-10,13,15,17-20,22-25H2,1-3H3,(H,34,38). The number of hydrogen-bond acceptors (Lipinski definition) is 5. The number of carbonyl (C=O) groups is 2.